The van der Waals surface area contributed by atoms with Crippen molar-refractivity contribution in [3.8, 4) is 17.0 Å². The van der Waals surface area contributed by atoms with Crippen molar-refractivity contribution < 1.29 is 5.11 Å². The Hall–Kier alpha value is -3.19. The van der Waals surface area contributed by atoms with Crippen molar-refractivity contribution in [3.05, 3.63) is 52.1 Å². The summed E-state index contributed by atoms with van der Waals surface area (Å²) in [6.07, 6.45) is 4.79. The van der Waals surface area contributed by atoms with Crippen molar-refractivity contribution >= 4 is 21.8 Å². The number of nitrogens with one attached hydrogen (secondary N) is 1. The van der Waals surface area contributed by atoms with Crippen LogP contribution >= 0.6 is 0 Å². The summed E-state index contributed by atoms with van der Waals surface area (Å²) in [5, 5.41) is 20.1. The molecule has 1 saturated heterocycles. The van der Waals surface area contributed by atoms with Crippen molar-refractivity contribution in [3.63, 3.8) is 0 Å². The van der Waals surface area contributed by atoms with E-state index in [1.165, 1.54) is 0 Å². The number of aryl methyl sites for hydroxylation is 3. The van der Waals surface area contributed by atoms with Gasteiger partial charge in [0.25, 0.3) is 5.56 Å². The van der Waals surface area contributed by atoms with Crippen LogP contribution in [0.1, 0.15) is 23.6 Å². The van der Waals surface area contributed by atoms with Gasteiger partial charge in [0.05, 0.1) is 28.2 Å². The molecule has 5 rings (SSSR count). The van der Waals surface area contributed by atoms with Crippen molar-refractivity contribution in [1.29, 1.82) is 0 Å². The van der Waals surface area contributed by atoms with Gasteiger partial charge in [0.2, 0.25) is 0 Å². The fraction of sp³-hybridized carbons (Fsp3) is 0.318. The van der Waals surface area contributed by atoms with Crippen LogP contribution in [0.5, 0.6) is 5.75 Å². The molecule has 7 nitrogen and oxygen atoms in total. The predicted molar refractivity (Wildman–Crippen MR) is 113 cm³/mol. The van der Waals surface area contributed by atoms with E-state index in [1.807, 2.05) is 56.1 Å². The Morgan fingerprint density at radius 3 is 2.79 bits per heavy atom. The molecule has 0 saturated carbocycles. The lowest BCUT2D eigenvalue weighted by Crippen LogP contribution is -2.26. The lowest BCUT2D eigenvalue weighted by molar-refractivity contribution is 0.474. The molecule has 0 bridgehead atoms. The van der Waals surface area contributed by atoms with Crippen molar-refractivity contribution in [2.45, 2.75) is 26.3 Å². The molecular formula is C22H23N5O2. The highest BCUT2D eigenvalue weighted by Gasteiger charge is 2.20. The third kappa shape index (κ3) is 2.73. The molecule has 0 amide bonds. The van der Waals surface area contributed by atoms with Crippen LogP contribution in [-0.2, 0) is 7.05 Å². The van der Waals surface area contributed by atoms with E-state index in [2.05, 4.69) is 10.4 Å². The lowest BCUT2D eigenvalue weighted by atomic mass is 10.0. The SMILES string of the molecule is Cc1c(O)c(-c2ccc3c(=O)n(C4CCNC4)cc(C)c3n2)cc2cn(C)nc12. The number of nitrogens with zero attached hydrogens (tertiary/aromatic N) is 4. The highest BCUT2D eigenvalue weighted by Crippen LogP contribution is 2.36. The third-order valence-corrected chi connectivity index (χ3v) is 5.89. The van der Waals surface area contributed by atoms with E-state index < -0.39 is 0 Å². The molecule has 1 aliphatic heterocycles. The number of aromatic nitrogens is 4. The maximum absolute atomic E-state index is 13.0. The van der Waals surface area contributed by atoms with E-state index in [0.717, 1.165) is 41.5 Å². The number of phenols is 1. The monoisotopic (exact) mass is 389 g/mol. The molecule has 0 aliphatic carbocycles. The van der Waals surface area contributed by atoms with E-state index in [0.29, 0.717) is 22.2 Å². The minimum Gasteiger partial charge on any atom is -0.507 e. The molecule has 4 aromatic rings. The van der Waals surface area contributed by atoms with Crippen LogP contribution in [-0.4, -0.2) is 37.5 Å². The van der Waals surface area contributed by atoms with Crippen LogP contribution in [0.15, 0.2) is 35.4 Å². The van der Waals surface area contributed by atoms with E-state index in [-0.39, 0.29) is 17.4 Å². The van der Waals surface area contributed by atoms with Gasteiger partial charge < -0.3 is 15.0 Å². The maximum atomic E-state index is 13.0. The number of aromatic hydroxyl groups is 1. The minimum atomic E-state index is -0.0125. The zero-order valence-corrected chi connectivity index (χ0v) is 16.7. The second-order valence-electron chi connectivity index (χ2n) is 7.90. The van der Waals surface area contributed by atoms with E-state index >= 15 is 0 Å². The number of benzene rings is 1. The second-order valence-corrected chi connectivity index (χ2v) is 7.90. The number of hydrogen-bond donors (Lipinski definition) is 2. The van der Waals surface area contributed by atoms with Crippen LogP contribution in [0.3, 0.4) is 0 Å². The molecule has 7 heteroatoms. The van der Waals surface area contributed by atoms with Crippen LogP contribution in [0, 0.1) is 13.8 Å². The van der Waals surface area contributed by atoms with Crippen LogP contribution in [0.2, 0.25) is 0 Å². The summed E-state index contributed by atoms with van der Waals surface area (Å²) >= 11 is 0. The Bertz CT molecular complexity index is 1330. The van der Waals surface area contributed by atoms with Gasteiger partial charge in [0.15, 0.2) is 0 Å². The summed E-state index contributed by atoms with van der Waals surface area (Å²) in [7, 11) is 1.86. The van der Waals surface area contributed by atoms with Crippen LogP contribution in [0.25, 0.3) is 33.1 Å². The normalized spacial score (nSPS) is 16.9. The number of fused-ring (bicyclic) bond motifs is 2. The molecule has 4 heterocycles. The molecule has 1 aliphatic rings. The molecule has 1 aromatic carbocycles. The molecule has 1 fully saturated rings. The van der Waals surface area contributed by atoms with Gasteiger partial charge in [-0.15, -0.1) is 0 Å². The van der Waals surface area contributed by atoms with Gasteiger partial charge in [0.1, 0.15) is 5.75 Å². The molecule has 0 spiro atoms. The summed E-state index contributed by atoms with van der Waals surface area (Å²) < 4.78 is 3.57. The van der Waals surface area contributed by atoms with Gasteiger partial charge in [-0.1, -0.05) is 0 Å². The average Bonchev–Trinajstić information content (AvgIpc) is 3.36. The number of hydrogen-bond acceptors (Lipinski definition) is 5. The summed E-state index contributed by atoms with van der Waals surface area (Å²) in [5.41, 5.74) is 4.41. The van der Waals surface area contributed by atoms with Gasteiger partial charge in [0, 0.05) is 42.5 Å². The highest BCUT2D eigenvalue weighted by molar-refractivity contribution is 5.92. The highest BCUT2D eigenvalue weighted by atomic mass is 16.3. The summed E-state index contributed by atoms with van der Waals surface area (Å²) in [4.78, 5) is 17.8. The van der Waals surface area contributed by atoms with Gasteiger partial charge in [-0.25, -0.2) is 4.98 Å². The minimum absolute atomic E-state index is 0.0125. The smallest absolute Gasteiger partial charge is 0.260 e. The Morgan fingerprint density at radius 2 is 2.03 bits per heavy atom. The van der Waals surface area contributed by atoms with Crippen LogP contribution in [0.4, 0.5) is 0 Å². The Kier molecular flexibility index (Phi) is 3.96. The van der Waals surface area contributed by atoms with Crippen LogP contribution < -0.4 is 10.9 Å². The van der Waals surface area contributed by atoms with Gasteiger partial charge in [-0.3, -0.25) is 9.48 Å². The molecule has 148 valence electrons. The first-order valence-electron chi connectivity index (χ1n) is 9.83. The standard InChI is InChI=1S/C22H23N5O2/c1-12-10-27(15-6-7-23-9-15)22(29)16-4-5-18(24-19(12)16)17-8-14-11-26(3)25-20(14)13(2)21(17)28/h4-5,8,10-11,15,23,28H,6-7,9H2,1-3H3. The molecule has 29 heavy (non-hydrogen) atoms. The van der Waals surface area contributed by atoms with E-state index in [4.69, 9.17) is 4.98 Å². The summed E-state index contributed by atoms with van der Waals surface area (Å²) in [6, 6.07) is 5.73. The molecule has 2 N–H and O–H groups in total. The summed E-state index contributed by atoms with van der Waals surface area (Å²) in [6.45, 7) is 5.58. The topological polar surface area (TPSA) is 85.0 Å². The van der Waals surface area contributed by atoms with E-state index in [1.54, 1.807) is 4.68 Å². The van der Waals surface area contributed by atoms with Gasteiger partial charge in [-0.05, 0) is 50.6 Å². The zero-order valence-electron chi connectivity index (χ0n) is 16.7. The first-order chi connectivity index (χ1) is 13.9. The maximum Gasteiger partial charge on any atom is 0.260 e. The third-order valence-electron chi connectivity index (χ3n) is 5.89. The molecule has 3 aromatic heterocycles. The first-order valence-corrected chi connectivity index (χ1v) is 9.83. The van der Waals surface area contributed by atoms with Gasteiger partial charge in [-0.2, -0.15) is 5.10 Å². The van der Waals surface area contributed by atoms with Crippen molar-refractivity contribution in [2.24, 2.45) is 7.05 Å². The fourth-order valence-electron chi connectivity index (χ4n) is 4.34. The first kappa shape index (κ1) is 17.9. The lowest BCUT2D eigenvalue weighted by Gasteiger charge is -2.16. The number of rotatable bonds is 2. The zero-order chi connectivity index (χ0) is 20.3. The largest absolute Gasteiger partial charge is 0.507 e. The molecule has 0 radical (unpaired) electrons. The molecule has 1 atom stereocenters. The Labute approximate surface area is 167 Å². The van der Waals surface area contributed by atoms with Gasteiger partial charge >= 0.3 is 0 Å². The Morgan fingerprint density at radius 1 is 1.21 bits per heavy atom. The second kappa shape index (κ2) is 6.42. The number of phenolic OH excluding ortho intramolecular Hbond substituents is 1. The van der Waals surface area contributed by atoms with Crippen molar-refractivity contribution in [1.82, 2.24) is 24.6 Å². The molecular weight excluding hydrogens is 366 g/mol. The summed E-state index contributed by atoms with van der Waals surface area (Å²) in [5.74, 6) is 0.172. The Balaban J connectivity index is 1.70. The average molecular weight is 389 g/mol. The van der Waals surface area contributed by atoms with E-state index in [9.17, 15) is 9.90 Å². The quantitative estimate of drug-likeness (QED) is 0.551. The molecule has 1 unspecified atom stereocenters. The number of pyridine rings is 2. The predicted octanol–water partition coefficient (Wildman–Crippen LogP) is 2.81. The van der Waals surface area contributed by atoms with Crippen molar-refractivity contribution in [2.75, 3.05) is 13.1 Å². The fourth-order valence-corrected chi connectivity index (χ4v) is 4.34.